The molecule has 0 aliphatic carbocycles. The fraction of sp³-hybridized carbons (Fsp3) is 0.542. The molecule has 35 heavy (non-hydrogen) atoms. The van der Waals surface area contributed by atoms with Gasteiger partial charge in [0.1, 0.15) is 23.3 Å². The van der Waals surface area contributed by atoms with Crippen LogP contribution in [0.25, 0.3) is 0 Å². The lowest BCUT2D eigenvalue weighted by atomic mass is 10.3. The summed E-state index contributed by atoms with van der Waals surface area (Å²) in [5.41, 5.74) is 0.146. The van der Waals surface area contributed by atoms with E-state index in [-0.39, 0.29) is 5.69 Å². The number of thiocarbonyl (C=S) groups is 1. The average molecular weight is 505 g/mol. The van der Waals surface area contributed by atoms with E-state index in [0.29, 0.717) is 11.7 Å². The van der Waals surface area contributed by atoms with Crippen molar-refractivity contribution in [2.75, 3.05) is 79.8 Å². The van der Waals surface area contributed by atoms with Crippen LogP contribution >= 0.6 is 12.2 Å². The van der Waals surface area contributed by atoms with Gasteiger partial charge in [-0.1, -0.05) is 0 Å². The summed E-state index contributed by atoms with van der Waals surface area (Å²) in [5.74, 6) is 1.40. The maximum absolute atomic E-state index is 13.7. The number of aromatic nitrogens is 2. The molecule has 0 amide bonds. The molecule has 3 N–H and O–H groups in total. The number of nitrogens with one attached hydrogen (secondary N) is 3. The molecule has 2 aromatic rings. The van der Waals surface area contributed by atoms with Crippen molar-refractivity contribution in [3.8, 4) is 0 Å². The number of benzene rings is 1. The molecule has 190 valence electrons. The molecule has 0 saturated carbocycles. The summed E-state index contributed by atoms with van der Waals surface area (Å²) in [6.07, 6.45) is 4.80. The zero-order chi connectivity index (χ0) is 24.6. The third kappa shape index (κ3) is 7.35. The van der Waals surface area contributed by atoms with Gasteiger partial charge in [-0.15, -0.1) is 0 Å². The van der Waals surface area contributed by atoms with Gasteiger partial charge >= 0.3 is 0 Å². The summed E-state index contributed by atoms with van der Waals surface area (Å²) in [6, 6.07) is 5.40. The van der Waals surface area contributed by atoms with Crippen molar-refractivity contribution in [2.45, 2.75) is 25.7 Å². The van der Waals surface area contributed by atoms with Crippen LogP contribution in [0.5, 0.6) is 0 Å². The van der Waals surface area contributed by atoms with Gasteiger partial charge in [0.05, 0.1) is 5.69 Å². The second kappa shape index (κ2) is 12.3. The largest absolute Gasteiger partial charge is 0.369 e. The van der Waals surface area contributed by atoms with Crippen LogP contribution in [-0.4, -0.2) is 79.4 Å². The summed E-state index contributed by atoms with van der Waals surface area (Å²) >= 11 is 5.21. The number of rotatable bonds is 10. The summed E-state index contributed by atoms with van der Waals surface area (Å²) < 4.78 is 26.8. The maximum Gasteiger partial charge on any atom is 0.229 e. The van der Waals surface area contributed by atoms with Gasteiger partial charge in [-0.2, -0.15) is 9.97 Å². The van der Waals surface area contributed by atoms with E-state index in [1.807, 2.05) is 7.05 Å². The van der Waals surface area contributed by atoms with Crippen LogP contribution in [0.15, 0.2) is 24.3 Å². The zero-order valence-corrected chi connectivity index (χ0v) is 21.0. The Morgan fingerprint density at radius 1 is 0.971 bits per heavy atom. The van der Waals surface area contributed by atoms with Crippen LogP contribution in [-0.2, 0) is 0 Å². The van der Waals surface area contributed by atoms with Gasteiger partial charge in [-0.05, 0) is 57.1 Å². The predicted molar refractivity (Wildman–Crippen MR) is 141 cm³/mol. The monoisotopic (exact) mass is 504 g/mol. The van der Waals surface area contributed by atoms with Crippen LogP contribution in [0.2, 0.25) is 0 Å². The molecule has 3 heterocycles. The second-order valence-electron chi connectivity index (χ2n) is 9.03. The van der Waals surface area contributed by atoms with E-state index in [2.05, 4.69) is 36.7 Å². The van der Waals surface area contributed by atoms with Crippen molar-refractivity contribution in [2.24, 2.45) is 0 Å². The van der Waals surface area contributed by atoms with Gasteiger partial charge in [-0.3, -0.25) is 0 Å². The lowest BCUT2D eigenvalue weighted by Crippen LogP contribution is -2.37. The second-order valence-corrected chi connectivity index (χ2v) is 9.44. The molecule has 2 aliphatic heterocycles. The lowest BCUT2D eigenvalue weighted by Gasteiger charge is -2.22. The molecule has 0 unspecified atom stereocenters. The van der Waals surface area contributed by atoms with Crippen LogP contribution in [0.1, 0.15) is 25.7 Å². The van der Waals surface area contributed by atoms with Gasteiger partial charge in [0, 0.05) is 64.5 Å². The molecule has 2 fully saturated rings. The third-order valence-electron chi connectivity index (χ3n) is 6.28. The van der Waals surface area contributed by atoms with Crippen molar-refractivity contribution >= 4 is 40.6 Å². The molecule has 1 aromatic carbocycles. The zero-order valence-electron chi connectivity index (χ0n) is 20.2. The van der Waals surface area contributed by atoms with Gasteiger partial charge in [0.2, 0.25) is 5.95 Å². The standard InChI is InChI=1S/C24H34F2N8S/c1-32(15-9-28-24(35)29-20-7-6-18(25)16-19(20)26)14-8-27-21-17-22(33-10-2-3-11-33)31-23(30-21)34-12-4-5-13-34/h6-7,16-17H,2-5,8-15H2,1H3,(H,27,30,31)(H2,28,29,35). The van der Waals surface area contributed by atoms with Crippen LogP contribution in [0.3, 0.4) is 0 Å². The van der Waals surface area contributed by atoms with Crippen LogP contribution in [0.4, 0.5) is 32.1 Å². The fourth-order valence-electron chi connectivity index (χ4n) is 4.28. The Balaban J connectivity index is 1.22. The van der Waals surface area contributed by atoms with Crippen LogP contribution < -0.4 is 25.8 Å². The number of hydrogen-bond acceptors (Lipinski definition) is 7. The highest BCUT2D eigenvalue weighted by Crippen LogP contribution is 2.25. The van der Waals surface area contributed by atoms with Crippen molar-refractivity contribution in [1.29, 1.82) is 0 Å². The molecule has 0 atom stereocenters. The molecule has 0 radical (unpaired) electrons. The lowest BCUT2D eigenvalue weighted by molar-refractivity contribution is 0.352. The molecule has 2 aliphatic rings. The van der Waals surface area contributed by atoms with E-state index in [1.165, 1.54) is 37.8 Å². The van der Waals surface area contributed by atoms with Gasteiger partial charge in [0.25, 0.3) is 0 Å². The first-order valence-electron chi connectivity index (χ1n) is 12.3. The Kier molecular flexibility index (Phi) is 8.86. The average Bonchev–Trinajstić information content (AvgIpc) is 3.56. The van der Waals surface area contributed by atoms with E-state index in [1.54, 1.807) is 0 Å². The Bertz CT molecular complexity index is 961. The van der Waals surface area contributed by atoms with Gasteiger partial charge < -0.3 is 30.7 Å². The fourth-order valence-corrected chi connectivity index (χ4v) is 4.50. The SMILES string of the molecule is CN(CCNC(=S)Nc1ccc(F)cc1F)CCNc1cc(N2CCCC2)nc(N2CCCC2)n1. The molecular formula is C24H34F2N8S. The van der Waals surface area contributed by atoms with Crippen molar-refractivity contribution < 1.29 is 8.78 Å². The van der Waals surface area contributed by atoms with Crippen LogP contribution in [0, 0.1) is 11.6 Å². The molecule has 4 rings (SSSR count). The molecular weight excluding hydrogens is 470 g/mol. The Labute approximate surface area is 211 Å². The minimum absolute atomic E-state index is 0.146. The highest BCUT2D eigenvalue weighted by Gasteiger charge is 2.20. The predicted octanol–water partition coefficient (Wildman–Crippen LogP) is 3.29. The van der Waals surface area contributed by atoms with Crippen molar-refractivity contribution in [3.05, 3.63) is 35.9 Å². The maximum atomic E-state index is 13.7. The first kappa shape index (κ1) is 25.3. The van der Waals surface area contributed by atoms with Gasteiger partial charge in [0.15, 0.2) is 5.11 Å². The van der Waals surface area contributed by atoms with E-state index in [0.717, 1.165) is 69.5 Å². The highest BCUT2D eigenvalue weighted by molar-refractivity contribution is 7.80. The smallest absolute Gasteiger partial charge is 0.229 e. The number of nitrogens with zero attached hydrogens (tertiary/aromatic N) is 5. The number of anilines is 4. The number of halogens is 2. The number of hydrogen-bond donors (Lipinski definition) is 3. The molecule has 11 heteroatoms. The molecule has 1 aromatic heterocycles. The Hall–Kier alpha value is -2.79. The Morgan fingerprint density at radius 3 is 2.37 bits per heavy atom. The molecule has 2 saturated heterocycles. The first-order chi connectivity index (χ1) is 17.0. The summed E-state index contributed by atoms with van der Waals surface area (Å²) in [4.78, 5) is 16.4. The third-order valence-corrected chi connectivity index (χ3v) is 6.52. The van der Waals surface area contributed by atoms with E-state index < -0.39 is 11.6 Å². The highest BCUT2D eigenvalue weighted by atomic mass is 32.1. The van der Waals surface area contributed by atoms with Crippen molar-refractivity contribution in [3.63, 3.8) is 0 Å². The summed E-state index contributed by atoms with van der Waals surface area (Å²) in [5, 5.41) is 9.58. The summed E-state index contributed by atoms with van der Waals surface area (Å²) in [7, 11) is 2.03. The van der Waals surface area contributed by atoms with E-state index in [4.69, 9.17) is 22.2 Å². The number of likely N-dealkylation sites (N-methyl/N-ethyl adjacent to an activating group) is 1. The molecule has 0 bridgehead atoms. The Morgan fingerprint density at radius 2 is 1.66 bits per heavy atom. The molecule has 0 spiro atoms. The van der Waals surface area contributed by atoms with Crippen molar-refractivity contribution in [1.82, 2.24) is 20.2 Å². The van der Waals surface area contributed by atoms with Gasteiger partial charge in [-0.25, -0.2) is 8.78 Å². The topological polar surface area (TPSA) is 71.6 Å². The summed E-state index contributed by atoms with van der Waals surface area (Å²) in [6.45, 7) is 7.04. The minimum Gasteiger partial charge on any atom is -0.369 e. The van der Waals surface area contributed by atoms with E-state index >= 15 is 0 Å². The minimum atomic E-state index is -0.678. The van der Waals surface area contributed by atoms with E-state index in [9.17, 15) is 8.78 Å². The first-order valence-corrected chi connectivity index (χ1v) is 12.7. The quantitative estimate of drug-likeness (QED) is 0.423. The molecule has 8 nitrogen and oxygen atoms in total. The normalized spacial score (nSPS) is 15.7.